The van der Waals surface area contributed by atoms with Crippen LogP contribution in [0.5, 0.6) is 0 Å². The highest BCUT2D eigenvalue weighted by Gasteiger charge is 2.32. The van der Waals surface area contributed by atoms with Crippen LogP contribution in [0, 0.1) is 5.41 Å². The average Bonchev–Trinajstić information content (AvgIpc) is 2.61. The number of rotatable bonds is 9. The van der Waals surface area contributed by atoms with Gasteiger partial charge >= 0.3 is 0 Å². The van der Waals surface area contributed by atoms with Crippen LogP contribution in [0.15, 0.2) is 24.3 Å². The zero-order valence-electron chi connectivity index (χ0n) is 15.1. The third kappa shape index (κ3) is 6.53. The molecule has 0 saturated heterocycles. The molecule has 0 aromatic heterocycles. The number of carbonyl (C=O) groups excluding carboxylic acids is 1. The fourth-order valence-electron chi connectivity index (χ4n) is 3.47. The summed E-state index contributed by atoms with van der Waals surface area (Å²) < 4.78 is 16.9. The summed E-state index contributed by atoms with van der Waals surface area (Å²) in [6, 6.07) is 7.59. The number of benzene rings is 1. The molecule has 1 aliphatic rings. The summed E-state index contributed by atoms with van der Waals surface area (Å²) in [5, 5.41) is 2.99. The van der Waals surface area contributed by atoms with Gasteiger partial charge in [-0.2, -0.15) is 0 Å². The molecule has 0 spiro atoms. The summed E-state index contributed by atoms with van der Waals surface area (Å²) in [5.41, 5.74) is 7.65. The van der Waals surface area contributed by atoms with E-state index >= 15 is 0 Å². The first-order chi connectivity index (χ1) is 12.1. The van der Waals surface area contributed by atoms with E-state index in [4.69, 9.17) is 10.5 Å². The number of carbonyl (C=O) groups is 1. The standard InChI is InChI=1S/C19H30N2O3S/c1-24-10-11-25(23)14-16-6-5-7-17(12-16)21-18(22)13-19(15-20)8-3-2-4-9-19/h5-7,12H,2-4,8-11,13-15,20H2,1H3,(H,21,22). The smallest absolute Gasteiger partial charge is 0.224 e. The minimum absolute atomic E-state index is 0.0185. The first-order valence-electron chi connectivity index (χ1n) is 9.00. The van der Waals surface area contributed by atoms with Gasteiger partial charge < -0.3 is 15.8 Å². The number of amides is 1. The van der Waals surface area contributed by atoms with Gasteiger partial charge in [0.15, 0.2) is 0 Å². The predicted octanol–water partition coefficient (Wildman–Crippen LogP) is 2.82. The Hall–Kier alpha value is -1.24. The predicted molar refractivity (Wildman–Crippen MR) is 103 cm³/mol. The third-order valence-corrected chi connectivity index (χ3v) is 6.21. The van der Waals surface area contributed by atoms with Gasteiger partial charge in [-0.1, -0.05) is 31.4 Å². The quantitative estimate of drug-likeness (QED) is 0.704. The highest BCUT2D eigenvalue weighted by atomic mass is 32.2. The molecule has 6 heteroatoms. The number of nitrogens with one attached hydrogen (secondary N) is 1. The number of ether oxygens (including phenoxy) is 1. The maximum atomic E-state index is 12.5. The number of methoxy groups -OCH3 is 1. The highest BCUT2D eigenvalue weighted by Crippen LogP contribution is 2.38. The molecule has 1 fully saturated rings. The van der Waals surface area contributed by atoms with Crippen molar-refractivity contribution >= 4 is 22.4 Å². The number of anilines is 1. The van der Waals surface area contributed by atoms with Crippen molar-refractivity contribution in [3.8, 4) is 0 Å². The normalized spacial score (nSPS) is 17.8. The van der Waals surface area contributed by atoms with Gasteiger partial charge in [0.1, 0.15) is 0 Å². The van der Waals surface area contributed by atoms with Crippen molar-refractivity contribution in [3.05, 3.63) is 29.8 Å². The van der Waals surface area contributed by atoms with Gasteiger partial charge in [-0.25, -0.2) is 0 Å². The molecule has 0 bridgehead atoms. The molecular weight excluding hydrogens is 336 g/mol. The molecule has 1 atom stereocenters. The molecule has 25 heavy (non-hydrogen) atoms. The summed E-state index contributed by atoms with van der Waals surface area (Å²) in [6.07, 6.45) is 6.12. The fraction of sp³-hybridized carbons (Fsp3) is 0.632. The van der Waals surface area contributed by atoms with Crippen molar-refractivity contribution in [2.75, 3.05) is 31.3 Å². The first kappa shape index (κ1) is 20.1. The zero-order valence-corrected chi connectivity index (χ0v) is 15.9. The summed E-state index contributed by atoms with van der Waals surface area (Å²) >= 11 is 0. The molecule has 140 valence electrons. The highest BCUT2D eigenvalue weighted by molar-refractivity contribution is 7.84. The van der Waals surface area contributed by atoms with E-state index in [-0.39, 0.29) is 11.3 Å². The lowest BCUT2D eigenvalue weighted by Crippen LogP contribution is -2.36. The lowest BCUT2D eigenvalue weighted by molar-refractivity contribution is -0.118. The Bertz CT molecular complexity index is 586. The molecule has 1 aromatic rings. The monoisotopic (exact) mass is 366 g/mol. The molecule has 1 unspecified atom stereocenters. The second kappa shape index (κ2) is 10.0. The van der Waals surface area contributed by atoms with Crippen LogP contribution >= 0.6 is 0 Å². The molecule has 2 rings (SSSR count). The van der Waals surface area contributed by atoms with Gasteiger partial charge in [-0.3, -0.25) is 9.00 Å². The average molecular weight is 367 g/mol. The van der Waals surface area contributed by atoms with Crippen LogP contribution in [0.3, 0.4) is 0 Å². The summed E-state index contributed by atoms with van der Waals surface area (Å²) in [4.78, 5) is 12.5. The third-order valence-electron chi connectivity index (χ3n) is 4.94. The van der Waals surface area contributed by atoms with E-state index in [1.54, 1.807) is 7.11 Å². The van der Waals surface area contributed by atoms with Crippen LogP contribution in [-0.4, -0.2) is 36.1 Å². The van der Waals surface area contributed by atoms with Gasteiger partial charge in [-0.05, 0) is 42.5 Å². The van der Waals surface area contributed by atoms with E-state index in [1.165, 1.54) is 6.42 Å². The Morgan fingerprint density at radius 2 is 2.08 bits per heavy atom. The van der Waals surface area contributed by atoms with Crippen molar-refractivity contribution in [2.24, 2.45) is 11.1 Å². The zero-order chi connectivity index (χ0) is 18.1. The van der Waals surface area contributed by atoms with Crippen molar-refractivity contribution in [1.29, 1.82) is 0 Å². The van der Waals surface area contributed by atoms with Gasteiger partial charge in [0.25, 0.3) is 0 Å². The second-order valence-corrected chi connectivity index (χ2v) is 8.55. The van der Waals surface area contributed by atoms with Crippen LogP contribution in [0.4, 0.5) is 5.69 Å². The second-order valence-electron chi connectivity index (χ2n) is 6.97. The fourth-order valence-corrected chi connectivity index (χ4v) is 4.52. The SMILES string of the molecule is COCCS(=O)Cc1cccc(NC(=O)CC2(CN)CCCCC2)c1. The molecule has 0 aliphatic heterocycles. The van der Waals surface area contributed by atoms with Crippen molar-refractivity contribution in [3.63, 3.8) is 0 Å². The minimum Gasteiger partial charge on any atom is -0.384 e. The van der Waals surface area contributed by atoms with Gasteiger partial charge in [0.2, 0.25) is 5.91 Å². The molecule has 3 N–H and O–H groups in total. The lowest BCUT2D eigenvalue weighted by atomic mass is 9.71. The topological polar surface area (TPSA) is 81.4 Å². The number of hydrogen-bond donors (Lipinski definition) is 2. The van der Waals surface area contributed by atoms with Gasteiger partial charge in [-0.15, -0.1) is 0 Å². The van der Waals surface area contributed by atoms with Crippen molar-refractivity contribution in [1.82, 2.24) is 0 Å². The Labute approximate surface area is 153 Å². The van der Waals surface area contributed by atoms with Gasteiger partial charge in [0.05, 0.1) is 6.61 Å². The Kier molecular flexibility index (Phi) is 8.06. The Morgan fingerprint density at radius 3 is 2.76 bits per heavy atom. The maximum Gasteiger partial charge on any atom is 0.224 e. The van der Waals surface area contributed by atoms with Crippen LogP contribution < -0.4 is 11.1 Å². The summed E-state index contributed by atoms with van der Waals surface area (Å²) in [5.74, 6) is 1.01. The molecule has 1 saturated carbocycles. The van der Waals surface area contributed by atoms with Crippen LogP contribution in [0.1, 0.15) is 44.1 Å². The van der Waals surface area contributed by atoms with E-state index in [1.807, 2.05) is 24.3 Å². The number of nitrogens with two attached hydrogens (primary N) is 1. The molecular formula is C19H30N2O3S. The van der Waals surface area contributed by atoms with Crippen LogP contribution in [0.2, 0.25) is 0 Å². The van der Waals surface area contributed by atoms with E-state index in [0.717, 1.165) is 36.9 Å². The first-order valence-corrected chi connectivity index (χ1v) is 10.5. The molecule has 5 nitrogen and oxygen atoms in total. The number of hydrogen-bond acceptors (Lipinski definition) is 4. The van der Waals surface area contributed by atoms with E-state index in [2.05, 4.69) is 5.32 Å². The van der Waals surface area contributed by atoms with E-state index < -0.39 is 10.8 Å². The van der Waals surface area contributed by atoms with Crippen LogP contribution in [0.25, 0.3) is 0 Å². The largest absolute Gasteiger partial charge is 0.384 e. The van der Waals surface area contributed by atoms with Gasteiger partial charge in [0, 0.05) is 41.5 Å². The molecule has 0 heterocycles. The van der Waals surface area contributed by atoms with Crippen molar-refractivity contribution in [2.45, 2.75) is 44.3 Å². The van der Waals surface area contributed by atoms with E-state index in [9.17, 15) is 9.00 Å². The molecule has 1 amide bonds. The van der Waals surface area contributed by atoms with Crippen LogP contribution in [-0.2, 0) is 26.1 Å². The summed E-state index contributed by atoms with van der Waals surface area (Å²) in [6.45, 7) is 1.06. The Balaban J connectivity index is 1.92. The summed E-state index contributed by atoms with van der Waals surface area (Å²) in [7, 11) is 0.645. The van der Waals surface area contributed by atoms with Crippen molar-refractivity contribution < 1.29 is 13.7 Å². The maximum absolute atomic E-state index is 12.5. The molecule has 0 radical (unpaired) electrons. The van der Waals surface area contributed by atoms with E-state index in [0.29, 0.717) is 31.1 Å². The Morgan fingerprint density at radius 1 is 1.32 bits per heavy atom. The minimum atomic E-state index is -0.960. The molecule has 1 aliphatic carbocycles. The lowest BCUT2D eigenvalue weighted by Gasteiger charge is -2.35. The molecule has 1 aromatic carbocycles.